The number of likely N-dealkylation sites (tertiary alicyclic amines) is 1. The summed E-state index contributed by atoms with van der Waals surface area (Å²) in [6.45, 7) is 3.03. The lowest BCUT2D eigenvalue weighted by Crippen LogP contribution is -2.44. The quantitative estimate of drug-likeness (QED) is 0.722. The van der Waals surface area contributed by atoms with Crippen LogP contribution < -0.4 is 10.2 Å². The van der Waals surface area contributed by atoms with Crippen LogP contribution >= 0.6 is 0 Å². The van der Waals surface area contributed by atoms with Gasteiger partial charge in [0.2, 0.25) is 17.7 Å². The third-order valence-electron chi connectivity index (χ3n) is 6.45. The molecule has 2 aromatic carbocycles. The van der Waals surface area contributed by atoms with Crippen molar-refractivity contribution >= 4 is 29.1 Å². The molecule has 1 unspecified atom stereocenters. The molecule has 1 N–H and O–H groups in total. The van der Waals surface area contributed by atoms with Crippen molar-refractivity contribution in [3.8, 4) is 0 Å². The molecule has 0 spiro atoms. The number of carbonyl (C=O) groups is 3. The minimum Gasteiger partial charge on any atom is -0.342 e. The fraction of sp³-hybridized carbons (Fsp3) is 0.400. The number of anilines is 2. The fourth-order valence-electron chi connectivity index (χ4n) is 4.49. The highest BCUT2D eigenvalue weighted by molar-refractivity contribution is 6.00. The van der Waals surface area contributed by atoms with Crippen molar-refractivity contribution in [3.05, 3.63) is 59.7 Å². The van der Waals surface area contributed by atoms with Crippen molar-refractivity contribution in [1.82, 2.24) is 4.90 Å². The molecule has 34 heavy (non-hydrogen) atoms. The van der Waals surface area contributed by atoms with E-state index in [0.29, 0.717) is 32.5 Å². The van der Waals surface area contributed by atoms with Crippen LogP contribution in [0.1, 0.15) is 30.4 Å². The lowest BCUT2D eigenvalue weighted by Gasteiger charge is -2.33. The van der Waals surface area contributed by atoms with E-state index in [1.54, 1.807) is 9.80 Å². The van der Waals surface area contributed by atoms with Crippen LogP contribution in [0.2, 0.25) is 0 Å². The zero-order valence-corrected chi connectivity index (χ0v) is 18.8. The minimum atomic E-state index is -4.48. The molecule has 0 radical (unpaired) electrons. The van der Waals surface area contributed by atoms with E-state index < -0.39 is 23.6 Å². The molecule has 2 aliphatic heterocycles. The van der Waals surface area contributed by atoms with Crippen LogP contribution in [0, 0.1) is 18.8 Å². The first-order valence-electron chi connectivity index (χ1n) is 11.3. The van der Waals surface area contributed by atoms with Crippen LogP contribution in [0.3, 0.4) is 0 Å². The van der Waals surface area contributed by atoms with Gasteiger partial charge in [-0.25, -0.2) is 0 Å². The van der Waals surface area contributed by atoms with Gasteiger partial charge in [-0.05, 0) is 50.1 Å². The summed E-state index contributed by atoms with van der Waals surface area (Å²) in [6.07, 6.45) is -3.50. The molecule has 0 saturated carbocycles. The van der Waals surface area contributed by atoms with E-state index in [4.69, 9.17) is 0 Å². The van der Waals surface area contributed by atoms with Crippen LogP contribution in [0.5, 0.6) is 0 Å². The van der Waals surface area contributed by atoms with Crippen molar-refractivity contribution in [2.45, 2.75) is 32.4 Å². The van der Waals surface area contributed by atoms with Crippen LogP contribution in [0.15, 0.2) is 48.5 Å². The number of nitrogens with one attached hydrogen (secondary N) is 1. The highest BCUT2D eigenvalue weighted by Gasteiger charge is 2.38. The summed E-state index contributed by atoms with van der Waals surface area (Å²) in [6, 6.07) is 12.1. The van der Waals surface area contributed by atoms with Crippen LogP contribution in [-0.4, -0.2) is 42.3 Å². The van der Waals surface area contributed by atoms with Gasteiger partial charge < -0.3 is 15.1 Å². The highest BCUT2D eigenvalue weighted by Crippen LogP contribution is 2.31. The molecule has 0 bridgehead atoms. The zero-order chi connectivity index (χ0) is 24.5. The number of benzene rings is 2. The largest absolute Gasteiger partial charge is 0.416 e. The lowest BCUT2D eigenvalue weighted by atomic mass is 9.94. The molecule has 1 atom stereocenters. The molecule has 2 aromatic rings. The Morgan fingerprint density at radius 3 is 2.32 bits per heavy atom. The van der Waals surface area contributed by atoms with Gasteiger partial charge in [-0.15, -0.1) is 0 Å². The van der Waals surface area contributed by atoms with E-state index in [1.165, 1.54) is 12.1 Å². The van der Waals surface area contributed by atoms with E-state index in [-0.39, 0.29) is 29.8 Å². The average molecular weight is 473 g/mol. The Morgan fingerprint density at radius 2 is 1.68 bits per heavy atom. The maximum absolute atomic E-state index is 13.0. The molecular formula is C25H26F3N3O3. The molecule has 3 amide bonds. The Kier molecular flexibility index (Phi) is 6.63. The molecule has 0 aliphatic carbocycles. The number of rotatable bonds is 4. The first-order valence-corrected chi connectivity index (χ1v) is 11.3. The van der Waals surface area contributed by atoms with E-state index in [1.807, 2.05) is 31.2 Å². The van der Waals surface area contributed by atoms with Crippen molar-refractivity contribution in [2.75, 3.05) is 29.9 Å². The van der Waals surface area contributed by atoms with E-state index >= 15 is 0 Å². The summed E-state index contributed by atoms with van der Waals surface area (Å²) in [4.78, 5) is 41.4. The molecule has 4 rings (SSSR count). The van der Waals surface area contributed by atoms with Gasteiger partial charge in [0, 0.05) is 43.3 Å². The molecule has 2 saturated heterocycles. The third-order valence-corrected chi connectivity index (χ3v) is 6.45. The molecule has 6 nitrogen and oxygen atoms in total. The SMILES string of the molecule is Cc1ccc(N2CC(C(=O)N3CCC(C(=O)Nc4cccc(C(F)(F)F)c4)CC3)CC2=O)cc1. The second kappa shape index (κ2) is 9.48. The van der Waals surface area contributed by atoms with Crippen molar-refractivity contribution in [2.24, 2.45) is 11.8 Å². The molecule has 0 aromatic heterocycles. The van der Waals surface area contributed by atoms with Gasteiger partial charge in [-0.1, -0.05) is 23.8 Å². The second-order valence-corrected chi connectivity index (χ2v) is 8.91. The molecule has 2 heterocycles. The zero-order valence-electron chi connectivity index (χ0n) is 18.8. The maximum Gasteiger partial charge on any atom is 0.416 e. The van der Waals surface area contributed by atoms with Crippen LogP contribution in [0.25, 0.3) is 0 Å². The summed E-state index contributed by atoms with van der Waals surface area (Å²) in [5.74, 6) is -1.36. The Bertz CT molecular complexity index is 1080. The number of aryl methyl sites for hydroxylation is 1. The van der Waals surface area contributed by atoms with Gasteiger partial charge in [0.25, 0.3) is 0 Å². The predicted molar refractivity (Wildman–Crippen MR) is 121 cm³/mol. The normalized spacial score (nSPS) is 19.4. The van der Waals surface area contributed by atoms with Crippen LogP contribution in [0.4, 0.5) is 24.5 Å². The fourth-order valence-corrected chi connectivity index (χ4v) is 4.49. The van der Waals surface area contributed by atoms with Gasteiger partial charge in [0.1, 0.15) is 0 Å². The van der Waals surface area contributed by atoms with Crippen molar-refractivity contribution < 1.29 is 27.6 Å². The lowest BCUT2D eigenvalue weighted by molar-refractivity contribution is -0.138. The third kappa shape index (κ3) is 5.24. The van der Waals surface area contributed by atoms with E-state index in [0.717, 1.165) is 23.4 Å². The predicted octanol–water partition coefficient (Wildman–Crippen LogP) is 4.24. The Labute approximate surface area is 195 Å². The smallest absolute Gasteiger partial charge is 0.342 e. The molecule has 9 heteroatoms. The second-order valence-electron chi connectivity index (χ2n) is 8.91. The summed E-state index contributed by atoms with van der Waals surface area (Å²) in [7, 11) is 0. The first-order chi connectivity index (χ1) is 16.1. The van der Waals surface area contributed by atoms with Crippen LogP contribution in [-0.2, 0) is 20.6 Å². The number of halogens is 3. The Hall–Kier alpha value is -3.36. The number of alkyl halides is 3. The number of nitrogens with zero attached hydrogens (tertiary/aromatic N) is 2. The Balaban J connectivity index is 1.30. The van der Waals surface area contributed by atoms with Gasteiger partial charge >= 0.3 is 6.18 Å². The summed E-state index contributed by atoms with van der Waals surface area (Å²) in [5, 5.41) is 2.56. The highest BCUT2D eigenvalue weighted by atomic mass is 19.4. The maximum atomic E-state index is 13.0. The average Bonchev–Trinajstić information content (AvgIpc) is 3.20. The number of amides is 3. The molecule has 180 valence electrons. The topological polar surface area (TPSA) is 69.7 Å². The minimum absolute atomic E-state index is 0.0856. The Morgan fingerprint density at radius 1 is 1.00 bits per heavy atom. The van der Waals surface area contributed by atoms with Gasteiger partial charge in [0.15, 0.2) is 0 Å². The van der Waals surface area contributed by atoms with Gasteiger partial charge in [-0.2, -0.15) is 13.2 Å². The van der Waals surface area contributed by atoms with Crippen molar-refractivity contribution in [1.29, 1.82) is 0 Å². The number of carbonyl (C=O) groups excluding carboxylic acids is 3. The molecule has 2 aliphatic rings. The number of hydrogen-bond donors (Lipinski definition) is 1. The van der Waals surface area contributed by atoms with E-state index in [2.05, 4.69) is 5.32 Å². The van der Waals surface area contributed by atoms with Gasteiger partial charge in [0.05, 0.1) is 11.5 Å². The summed E-state index contributed by atoms with van der Waals surface area (Å²) < 4.78 is 38.7. The monoisotopic (exact) mass is 473 g/mol. The summed E-state index contributed by atoms with van der Waals surface area (Å²) in [5.41, 5.74) is 1.13. The summed E-state index contributed by atoms with van der Waals surface area (Å²) >= 11 is 0. The van der Waals surface area contributed by atoms with Gasteiger partial charge in [-0.3, -0.25) is 14.4 Å². The van der Waals surface area contributed by atoms with Crippen molar-refractivity contribution in [3.63, 3.8) is 0 Å². The number of hydrogen-bond acceptors (Lipinski definition) is 3. The molecule has 2 fully saturated rings. The van der Waals surface area contributed by atoms with E-state index in [9.17, 15) is 27.6 Å². The molecular weight excluding hydrogens is 447 g/mol. The standard InChI is InChI=1S/C25H26F3N3O3/c1-16-5-7-21(8-6-16)31-15-18(13-22(31)32)24(34)30-11-9-17(10-12-30)23(33)29-20-4-2-3-19(14-20)25(26,27)28/h2-8,14,17-18H,9-13,15H2,1H3,(H,29,33). The first kappa shape index (κ1) is 23.8. The number of piperidine rings is 1.